The van der Waals surface area contributed by atoms with E-state index >= 15 is 0 Å². The molecule has 0 atom stereocenters. The van der Waals surface area contributed by atoms with Gasteiger partial charge in [-0.2, -0.15) is 13.2 Å². The predicted octanol–water partition coefficient (Wildman–Crippen LogP) is 5.92. The number of pyridine rings is 1. The number of hydrogen-bond donors (Lipinski definition) is 0. The molecule has 1 aromatic carbocycles. The first-order chi connectivity index (χ1) is 13.1. The molecule has 28 heavy (non-hydrogen) atoms. The van der Waals surface area contributed by atoms with Crippen LogP contribution in [0.25, 0.3) is 10.1 Å². The number of carbonyl (C=O) groups excluding carboxylic acids is 1. The lowest BCUT2D eigenvalue weighted by atomic mass is 10.2. The van der Waals surface area contributed by atoms with Gasteiger partial charge in [-0.25, -0.2) is 9.37 Å². The number of aromatic nitrogens is 1. The van der Waals surface area contributed by atoms with E-state index in [1.54, 1.807) is 0 Å². The fraction of sp³-hybridized carbons (Fsp3) is 0.222. The third-order valence-electron chi connectivity index (χ3n) is 3.79. The molecule has 0 saturated heterocycles. The van der Waals surface area contributed by atoms with Crippen molar-refractivity contribution in [1.82, 2.24) is 4.98 Å². The van der Waals surface area contributed by atoms with Crippen molar-refractivity contribution in [3.8, 4) is 11.5 Å². The quantitative estimate of drug-likeness (QED) is 0.378. The van der Waals surface area contributed by atoms with Crippen molar-refractivity contribution in [1.29, 1.82) is 0 Å². The van der Waals surface area contributed by atoms with Crippen molar-refractivity contribution in [2.24, 2.45) is 0 Å². The molecule has 4 nitrogen and oxygen atoms in total. The summed E-state index contributed by atoms with van der Waals surface area (Å²) in [4.78, 5) is 14.6. The molecular weight excluding hydrogens is 422 g/mol. The maximum atomic E-state index is 14.7. The van der Waals surface area contributed by atoms with Gasteiger partial charge in [0.25, 0.3) is 0 Å². The summed E-state index contributed by atoms with van der Waals surface area (Å²) in [5, 5.41) is 1.82. The van der Waals surface area contributed by atoms with Crippen LogP contribution in [0.4, 0.5) is 17.6 Å². The number of ether oxygens (including phenoxy) is 2. The highest BCUT2D eigenvalue weighted by Crippen LogP contribution is 2.42. The fourth-order valence-electron chi connectivity index (χ4n) is 2.48. The SMILES string of the molecule is CC(=O)Oc1csc2c(F)c(OCc3ccc(C(F)(F)F)nc3C)cc(Cl)c12. The Kier molecular flexibility index (Phi) is 5.49. The molecule has 0 spiro atoms. The first-order valence-electron chi connectivity index (χ1n) is 7.82. The molecule has 148 valence electrons. The molecule has 0 fully saturated rings. The molecule has 10 heteroatoms. The van der Waals surface area contributed by atoms with Crippen molar-refractivity contribution in [2.75, 3.05) is 0 Å². The Bertz CT molecular complexity index is 1070. The van der Waals surface area contributed by atoms with Gasteiger partial charge in [0.15, 0.2) is 17.3 Å². The first-order valence-corrected chi connectivity index (χ1v) is 9.08. The standard InChI is InChI=1S/C18H12ClF4NO3S/c1-8-10(3-4-14(24-8)18(21,22)23)6-26-12-5-11(19)15-13(27-9(2)25)7-28-17(15)16(12)20/h3-5,7H,6H2,1-2H3. The number of alkyl halides is 3. The van der Waals surface area contributed by atoms with Gasteiger partial charge in [0.1, 0.15) is 12.3 Å². The smallest absolute Gasteiger partial charge is 0.433 e. The van der Waals surface area contributed by atoms with Crippen LogP contribution in [-0.2, 0) is 17.6 Å². The Morgan fingerprint density at radius 1 is 1.29 bits per heavy atom. The Balaban J connectivity index is 1.87. The third-order valence-corrected chi connectivity index (χ3v) is 5.04. The van der Waals surface area contributed by atoms with Crippen LogP contribution in [0.5, 0.6) is 11.5 Å². The highest BCUT2D eigenvalue weighted by Gasteiger charge is 2.32. The number of halogens is 5. The van der Waals surface area contributed by atoms with E-state index in [1.807, 2.05) is 0 Å². The Morgan fingerprint density at radius 3 is 2.61 bits per heavy atom. The van der Waals surface area contributed by atoms with Crippen LogP contribution < -0.4 is 9.47 Å². The van der Waals surface area contributed by atoms with Crippen LogP contribution in [0, 0.1) is 12.7 Å². The maximum Gasteiger partial charge on any atom is 0.433 e. The lowest BCUT2D eigenvalue weighted by Crippen LogP contribution is -2.10. The van der Waals surface area contributed by atoms with Gasteiger partial charge in [0.05, 0.1) is 15.1 Å². The van der Waals surface area contributed by atoms with Crippen molar-refractivity contribution in [3.05, 3.63) is 51.4 Å². The zero-order valence-corrected chi connectivity index (χ0v) is 16.1. The molecule has 0 unspecified atom stereocenters. The molecule has 3 aromatic rings. The van der Waals surface area contributed by atoms with Gasteiger partial charge in [-0.3, -0.25) is 4.79 Å². The maximum absolute atomic E-state index is 14.7. The van der Waals surface area contributed by atoms with Gasteiger partial charge in [0, 0.05) is 29.6 Å². The summed E-state index contributed by atoms with van der Waals surface area (Å²) in [5.74, 6) is -1.30. The zero-order valence-electron chi connectivity index (χ0n) is 14.5. The van der Waals surface area contributed by atoms with E-state index in [-0.39, 0.29) is 38.9 Å². The second-order valence-electron chi connectivity index (χ2n) is 5.80. The first kappa shape index (κ1) is 20.3. The Morgan fingerprint density at radius 2 is 2.00 bits per heavy atom. The van der Waals surface area contributed by atoms with Crippen LogP contribution in [0.1, 0.15) is 23.9 Å². The van der Waals surface area contributed by atoms with Crippen molar-refractivity contribution < 1.29 is 31.8 Å². The average Bonchev–Trinajstić information content (AvgIpc) is 3.00. The van der Waals surface area contributed by atoms with Crippen LogP contribution in [-0.4, -0.2) is 11.0 Å². The molecule has 3 rings (SSSR count). The topological polar surface area (TPSA) is 48.4 Å². The number of thiophene rings is 1. The molecule has 0 aliphatic heterocycles. The number of nitrogens with zero attached hydrogens (tertiary/aromatic N) is 1. The summed E-state index contributed by atoms with van der Waals surface area (Å²) < 4.78 is 63.4. The minimum Gasteiger partial charge on any atom is -0.486 e. The highest BCUT2D eigenvalue weighted by molar-refractivity contribution is 7.17. The molecule has 0 amide bonds. The van der Waals surface area contributed by atoms with E-state index in [9.17, 15) is 22.4 Å². The summed E-state index contributed by atoms with van der Waals surface area (Å²) in [5.41, 5.74) is -0.521. The van der Waals surface area contributed by atoms with Crippen molar-refractivity contribution in [3.63, 3.8) is 0 Å². The largest absolute Gasteiger partial charge is 0.486 e. The highest BCUT2D eigenvalue weighted by atomic mass is 35.5. The zero-order chi connectivity index (χ0) is 20.6. The lowest BCUT2D eigenvalue weighted by molar-refractivity contribution is -0.141. The number of benzene rings is 1. The Labute approximate surface area is 165 Å². The van der Waals surface area contributed by atoms with Crippen molar-refractivity contribution in [2.45, 2.75) is 26.6 Å². The van der Waals surface area contributed by atoms with Gasteiger partial charge in [-0.05, 0) is 13.0 Å². The normalized spacial score (nSPS) is 11.7. The molecule has 0 bridgehead atoms. The van der Waals surface area contributed by atoms with Crippen LogP contribution in [0.15, 0.2) is 23.6 Å². The molecule has 0 aliphatic rings. The fourth-order valence-corrected chi connectivity index (χ4v) is 3.75. The predicted molar refractivity (Wildman–Crippen MR) is 96.4 cm³/mol. The third kappa shape index (κ3) is 4.05. The van der Waals surface area contributed by atoms with Gasteiger partial charge in [-0.15, -0.1) is 11.3 Å². The summed E-state index contributed by atoms with van der Waals surface area (Å²) in [6.07, 6.45) is -4.55. The summed E-state index contributed by atoms with van der Waals surface area (Å²) in [6, 6.07) is 3.29. The van der Waals surface area contributed by atoms with E-state index < -0.39 is 23.7 Å². The summed E-state index contributed by atoms with van der Waals surface area (Å²) >= 11 is 7.17. The molecule has 2 aromatic heterocycles. The number of carbonyl (C=O) groups is 1. The van der Waals surface area contributed by atoms with E-state index in [0.717, 1.165) is 17.4 Å². The van der Waals surface area contributed by atoms with E-state index in [4.69, 9.17) is 21.1 Å². The lowest BCUT2D eigenvalue weighted by Gasteiger charge is -2.12. The van der Waals surface area contributed by atoms with Gasteiger partial charge >= 0.3 is 12.1 Å². The number of fused-ring (bicyclic) bond motifs is 1. The molecule has 0 radical (unpaired) electrons. The van der Waals surface area contributed by atoms with Crippen molar-refractivity contribution >= 4 is 39.0 Å². The molecule has 0 aliphatic carbocycles. The van der Waals surface area contributed by atoms with Gasteiger partial charge < -0.3 is 9.47 Å². The van der Waals surface area contributed by atoms with Gasteiger partial charge in [0.2, 0.25) is 0 Å². The number of aryl methyl sites for hydroxylation is 1. The minimum absolute atomic E-state index is 0.117. The molecule has 0 N–H and O–H groups in total. The molecule has 0 saturated carbocycles. The van der Waals surface area contributed by atoms with E-state index in [2.05, 4.69) is 4.98 Å². The van der Waals surface area contributed by atoms with Crippen LogP contribution in [0.2, 0.25) is 5.02 Å². The average molecular weight is 434 g/mol. The second kappa shape index (κ2) is 7.56. The Hall–Kier alpha value is -2.39. The summed E-state index contributed by atoms with van der Waals surface area (Å²) in [7, 11) is 0. The minimum atomic E-state index is -4.55. The molecule has 2 heterocycles. The second-order valence-corrected chi connectivity index (χ2v) is 7.08. The van der Waals surface area contributed by atoms with Gasteiger partial charge in [-0.1, -0.05) is 17.7 Å². The number of rotatable bonds is 4. The molecular formula is C18H12ClF4NO3S. The van der Waals surface area contributed by atoms with Crippen LogP contribution >= 0.6 is 22.9 Å². The van der Waals surface area contributed by atoms with E-state index in [1.165, 1.54) is 31.4 Å². The number of esters is 1. The van der Waals surface area contributed by atoms with Crippen LogP contribution in [0.3, 0.4) is 0 Å². The van der Waals surface area contributed by atoms with E-state index in [0.29, 0.717) is 5.56 Å². The monoisotopic (exact) mass is 433 g/mol. The number of hydrogen-bond acceptors (Lipinski definition) is 5. The summed E-state index contributed by atoms with van der Waals surface area (Å²) in [6.45, 7) is 2.43.